The molecule has 0 aliphatic heterocycles. The van der Waals surface area contributed by atoms with Gasteiger partial charge in [-0.2, -0.15) is 5.26 Å². The van der Waals surface area contributed by atoms with Crippen LogP contribution in [-0.4, -0.2) is 16.6 Å². The molecular formula is C18H15N3O2S. The summed E-state index contributed by atoms with van der Waals surface area (Å²) in [5.74, 6) is 0.767. The number of carbonyl (C=O) groups is 1. The number of benzene rings is 1. The number of nitrogens with one attached hydrogen (secondary N) is 1. The van der Waals surface area contributed by atoms with E-state index >= 15 is 0 Å². The van der Waals surface area contributed by atoms with Crippen molar-refractivity contribution in [1.82, 2.24) is 10.3 Å². The fraction of sp³-hybridized carbons (Fsp3) is 0.167. The zero-order chi connectivity index (χ0) is 16.9. The van der Waals surface area contributed by atoms with E-state index in [2.05, 4.69) is 16.4 Å². The lowest BCUT2D eigenvalue weighted by Crippen LogP contribution is -2.28. The Hall–Kier alpha value is -2.78. The maximum atomic E-state index is 12.1. The highest BCUT2D eigenvalue weighted by molar-refractivity contribution is 7.99. The first kappa shape index (κ1) is 16.1. The SMILES string of the molecule is C[C@H](NC(=O)CSc1ncccc1C#N)c1cc2ccccc2o1. The van der Waals surface area contributed by atoms with Crippen molar-refractivity contribution in [3.05, 3.63) is 60.0 Å². The van der Waals surface area contributed by atoms with Crippen molar-refractivity contribution in [2.24, 2.45) is 0 Å². The van der Waals surface area contributed by atoms with E-state index in [1.165, 1.54) is 11.8 Å². The number of fused-ring (bicyclic) bond motifs is 1. The van der Waals surface area contributed by atoms with Gasteiger partial charge in [-0.05, 0) is 31.2 Å². The lowest BCUT2D eigenvalue weighted by molar-refractivity contribution is -0.119. The summed E-state index contributed by atoms with van der Waals surface area (Å²) in [6.45, 7) is 1.88. The molecule has 1 N–H and O–H groups in total. The van der Waals surface area contributed by atoms with Crippen LogP contribution in [0.25, 0.3) is 11.0 Å². The van der Waals surface area contributed by atoms with Crippen LogP contribution in [0.4, 0.5) is 0 Å². The minimum Gasteiger partial charge on any atom is -0.459 e. The molecule has 0 spiro atoms. The Kier molecular flexibility index (Phi) is 4.82. The molecule has 1 atom stereocenters. The summed E-state index contributed by atoms with van der Waals surface area (Å²) >= 11 is 1.25. The van der Waals surface area contributed by atoms with Crippen LogP contribution in [0.5, 0.6) is 0 Å². The predicted molar refractivity (Wildman–Crippen MR) is 92.4 cm³/mol. The molecule has 120 valence electrons. The number of pyridine rings is 1. The summed E-state index contributed by atoms with van der Waals surface area (Å²) in [6, 6.07) is 14.9. The summed E-state index contributed by atoms with van der Waals surface area (Å²) in [4.78, 5) is 16.3. The summed E-state index contributed by atoms with van der Waals surface area (Å²) in [5, 5.41) is 13.5. The number of hydrogen-bond acceptors (Lipinski definition) is 5. The highest BCUT2D eigenvalue weighted by Crippen LogP contribution is 2.24. The third kappa shape index (κ3) is 3.58. The number of aromatic nitrogens is 1. The van der Waals surface area contributed by atoms with Gasteiger partial charge in [-0.3, -0.25) is 4.79 Å². The molecule has 3 rings (SSSR count). The average molecular weight is 337 g/mol. The molecule has 0 unspecified atom stereocenters. The quantitative estimate of drug-likeness (QED) is 0.719. The van der Waals surface area contributed by atoms with Crippen molar-refractivity contribution in [1.29, 1.82) is 5.26 Å². The number of nitriles is 1. The topological polar surface area (TPSA) is 78.9 Å². The Morgan fingerprint density at radius 1 is 1.38 bits per heavy atom. The average Bonchev–Trinajstić information content (AvgIpc) is 3.04. The van der Waals surface area contributed by atoms with Gasteiger partial charge in [0.05, 0.1) is 17.4 Å². The van der Waals surface area contributed by atoms with Gasteiger partial charge in [0.2, 0.25) is 5.91 Å². The first-order chi connectivity index (χ1) is 11.7. The van der Waals surface area contributed by atoms with Crippen molar-refractivity contribution in [3.8, 4) is 6.07 Å². The van der Waals surface area contributed by atoms with Gasteiger partial charge in [-0.25, -0.2) is 4.98 Å². The van der Waals surface area contributed by atoms with Crippen LogP contribution in [0.1, 0.15) is 24.3 Å². The summed E-state index contributed by atoms with van der Waals surface area (Å²) in [7, 11) is 0. The maximum Gasteiger partial charge on any atom is 0.231 e. The lowest BCUT2D eigenvalue weighted by atomic mass is 10.2. The van der Waals surface area contributed by atoms with Crippen LogP contribution in [0.2, 0.25) is 0 Å². The van der Waals surface area contributed by atoms with E-state index in [0.717, 1.165) is 11.0 Å². The van der Waals surface area contributed by atoms with Crippen molar-refractivity contribution in [3.63, 3.8) is 0 Å². The number of furan rings is 1. The highest BCUT2D eigenvalue weighted by atomic mass is 32.2. The van der Waals surface area contributed by atoms with E-state index in [1.807, 2.05) is 37.3 Å². The Balaban J connectivity index is 1.61. The van der Waals surface area contributed by atoms with Crippen molar-refractivity contribution >= 4 is 28.6 Å². The van der Waals surface area contributed by atoms with Gasteiger partial charge < -0.3 is 9.73 Å². The molecule has 6 heteroatoms. The molecule has 5 nitrogen and oxygen atoms in total. The van der Waals surface area contributed by atoms with Crippen LogP contribution in [0, 0.1) is 11.3 Å². The van der Waals surface area contributed by atoms with Gasteiger partial charge in [0.15, 0.2) is 0 Å². The monoisotopic (exact) mass is 337 g/mol. The molecule has 2 heterocycles. The molecule has 0 aliphatic rings. The summed E-state index contributed by atoms with van der Waals surface area (Å²) in [6.07, 6.45) is 1.61. The van der Waals surface area contributed by atoms with Crippen LogP contribution >= 0.6 is 11.8 Å². The number of rotatable bonds is 5. The number of nitrogens with zero attached hydrogens (tertiary/aromatic N) is 2. The van der Waals surface area contributed by atoms with Gasteiger partial charge in [0.1, 0.15) is 22.4 Å². The fourth-order valence-corrected chi connectivity index (χ4v) is 3.05. The molecule has 0 saturated carbocycles. The maximum absolute atomic E-state index is 12.1. The molecule has 0 bridgehead atoms. The minimum atomic E-state index is -0.232. The standard InChI is InChI=1S/C18H15N3O2S/c1-12(16-9-13-5-2-3-7-15(13)23-16)21-17(22)11-24-18-14(10-19)6-4-8-20-18/h2-9,12H,11H2,1H3,(H,21,22)/t12-/m0/s1. The van der Waals surface area contributed by atoms with Gasteiger partial charge >= 0.3 is 0 Å². The predicted octanol–water partition coefficient (Wildman–Crippen LogP) is 3.67. The van der Waals surface area contributed by atoms with Crippen molar-refractivity contribution in [2.45, 2.75) is 18.0 Å². The first-order valence-electron chi connectivity index (χ1n) is 7.43. The van der Waals surface area contributed by atoms with E-state index in [0.29, 0.717) is 16.3 Å². The lowest BCUT2D eigenvalue weighted by Gasteiger charge is -2.11. The Bertz CT molecular complexity index is 881. The highest BCUT2D eigenvalue weighted by Gasteiger charge is 2.15. The van der Waals surface area contributed by atoms with Crippen LogP contribution in [0.3, 0.4) is 0 Å². The second-order valence-electron chi connectivity index (χ2n) is 5.23. The second kappa shape index (κ2) is 7.20. The summed E-state index contributed by atoms with van der Waals surface area (Å²) < 4.78 is 5.75. The molecule has 0 fully saturated rings. The molecule has 0 radical (unpaired) electrons. The van der Waals surface area contributed by atoms with Crippen LogP contribution < -0.4 is 5.32 Å². The molecule has 1 aromatic carbocycles. The number of carbonyl (C=O) groups excluding carboxylic acids is 1. The Labute approximate surface area is 143 Å². The van der Waals surface area contributed by atoms with Gasteiger partial charge in [-0.15, -0.1) is 0 Å². The zero-order valence-electron chi connectivity index (χ0n) is 13.0. The van der Waals surface area contributed by atoms with Crippen molar-refractivity contribution in [2.75, 3.05) is 5.75 Å². The smallest absolute Gasteiger partial charge is 0.231 e. The number of amides is 1. The number of thioether (sulfide) groups is 1. The molecule has 0 aliphatic carbocycles. The largest absolute Gasteiger partial charge is 0.459 e. The molecule has 2 aromatic heterocycles. The van der Waals surface area contributed by atoms with Gasteiger partial charge in [-0.1, -0.05) is 30.0 Å². The van der Waals surface area contributed by atoms with Crippen LogP contribution in [-0.2, 0) is 4.79 Å². The number of para-hydroxylation sites is 1. The van der Waals surface area contributed by atoms with Crippen LogP contribution in [0.15, 0.2) is 58.1 Å². The van der Waals surface area contributed by atoms with E-state index in [-0.39, 0.29) is 17.7 Å². The third-order valence-electron chi connectivity index (χ3n) is 3.48. The van der Waals surface area contributed by atoms with E-state index < -0.39 is 0 Å². The molecular weight excluding hydrogens is 322 g/mol. The molecule has 1 amide bonds. The Morgan fingerprint density at radius 3 is 3.00 bits per heavy atom. The fourth-order valence-electron chi connectivity index (χ4n) is 2.29. The van der Waals surface area contributed by atoms with Gasteiger partial charge in [0.25, 0.3) is 0 Å². The number of hydrogen-bond donors (Lipinski definition) is 1. The summed E-state index contributed by atoms with van der Waals surface area (Å²) in [5.41, 5.74) is 1.27. The van der Waals surface area contributed by atoms with E-state index in [1.54, 1.807) is 18.3 Å². The van der Waals surface area contributed by atoms with Crippen molar-refractivity contribution < 1.29 is 9.21 Å². The Morgan fingerprint density at radius 2 is 2.21 bits per heavy atom. The first-order valence-corrected chi connectivity index (χ1v) is 8.41. The van der Waals surface area contributed by atoms with E-state index in [4.69, 9.17) is 9.68 Å². The molecule has 24 heavy (non-hydrogen) atoms. The molecule has 3 aromatic rings. The van der Waals surface area contributed by atoms with E-state index in [9.17, 15) is 4.79 Å². The third-order valence-corrected chi connectivity index (χ3v) is 4.49. The molecule has 0 saturated heterocycles. The van der Waals surface area contributed by atoms with Gasteiger partial charge in [0, 0.05) is 11.6 Å². The normalized spacial score (nSPS) is 11.8. The minimum absolute atomic E-state index is 0.137. The zero-order valence-corrected chi connectivity index (χ0v) is 13.8. The second-order valence-corrected chi connectivity index (χ2v) is 6.20.